The number of rotatable bonds is 7. The molecule has 4 aromatic rings. The highest BCUT2D eigenvalue weighted by molar-refractivity contribution is 5.93. The molecule has 0 saturated carbocycles. The fourth-order valence-electron chi connectivity index (χ4n) is 4.02. The first-order valence-electron chi connectivity index (χ1n) is 11.0. The Morgan fingerprint density at radius 1 is 0.882 bits per heavy atom. The van der Waals surface area contributed by atoms with Gasteiger partial charge < -0.3 is 14.6 Å². The molecule has 0 radical (unpaired) electrons. The predicted octanol–water partition coefficient (Wildman–Crippen LogP) is 5.30. The summed E-state index contributed by atoms with van der Waals surface area (Å²) < 4.78 is 20.5. The third-order valence-corrected chi connectivity index (χ3v) is 5.64. The van der Waals surface area contributed by atoms with E-state index in [1.54, 1.807) is 25.1 Å². The van der Waals surface area contributed by atoms with Gasteiger partial charge >= 0.3 is 5.97 Å². The van der Waals surface area contributed by atoms with Gasteiger partial charge in [0.2, 0.25) is 0 Å². The molecule has 4 rings (SSSR count). The van der Waals surface area contributed by atoms with Crippen LogP contribution in [0.15, 0.2) is 91.0 Å². The second-order valence-electron chi connectivity index (χ2n) is 7.99. The fraction of sp³-hybridized carbons (Fsp3) is 0.143. The van der Waals surface area contributed by atoms with Crippen molar-refractivity contribution in [2.45, 2.75) is 19.9 Å². The number of carbonyl (C=O) groups is 2. The predicted molar refractivity (Wildman–Crippen MR) is 128 cm³/mol. The summed E-state index contributed by atoms with van der Waals surface area (Å²) in [4.78, 5) is 25.5. The molecule has 0 saturated heterocycles. The zero-order valence-corrected chi connectivity index (χ0v) is 19.0. The number of hydrogen-bond acceptors (Lipinski definition) is 3. The summed E-state index contributed by atoms with van der Waals surface area (Å²) in [6.45, 7) is 3.23. The van der Waals surface area contributed by atoms with Crippen molar-refractivity contribution in [1.29, 1.82) is 0 Å². The maximum absolute atomic E-state index is 13.3. The van der Waals surface area contributed by atoms with Crippen LogP contribution >= 0.6 is 0 Å². The van der Waals surface area contributed by atoms with Crippen molar-refractivity contribution in [3.63, 3.8) is 0 Å². The maximum Gasteiger partial charge on any atom is 0.340 e. The SMILES string of the molecule is Cc1cc(C(=O)OCC(=O)NC(c2ccccc2)c2ccccc2)c(C)n1-c1ccc(F)cc1. The quantitative estimate of drug-likeness (QED) is 0.384. The molecular formula is C28H25FN2O3. The van der Waals surface area contributed by atoms with Gasteiger partial charge in [-0.3, -0.25) is 4.79 Å². The molecule has 1 amide bonds. The third kappa shape index (κ3) is 5.07. The Labute approximate surface area is 197 Å². The number of nitrogens with zero attached hydrogens (tertiary/aromatic N) is 1. The van der Waals surface area contributed by atoms with E-state index in [9.17, 15) is 14.0 Å². The highest BCUT2D eigenvalue weighted by atomic mass is 19.1. The molecule has 0 aliphatic carbocycles. The first-order chi connectivity index (χ1) is 16.4. The molecule has 3 aromatic carbocycles. The molecule has 0 fully saturated rings. The third-order valence-electron chi connectivity index (χ3n) is 5.64. The van der Waals surface area contributed by atoms with E-state index in [2.05, 4.69) is 5.32 Å². The lowest BCUT2D eigenvalue weighted by atomic mass is 9.99. The Balaban J connectivity index is 1.46. The zero-order valence-electron chi connectivity index (χ0n) is 19.0. The summed E-state index contributed by atoms with van der Waals surface area (Å²) in [7, 11) is 0. The molecule has 0 spiro atoms. The van der Waals surface area contributed by atoms with Crippen LogP contribution in [-0.4, -0.2) is 23.1 Å². The minimum Gasteiger partial charge on any atom is -0.452 e. The van der Waals surface area contributed by atoms with Crippen LogP contribution in [0.1, 0.15) is 38.9 Å². The summed E-state index contributed by atoms with van der Waals surface area (Å²) in [5.74, 6) is -1.33. The number of amides is 1. The monoisotopic (exact) mass is 456 g/mol. The second kappa shape index (κ2) is 10.2. The summed E-state index contributed by atoms with van der Waals surface area (Å²) in [5, 5.41) is 2.96. The van der Waals surface area contributed by atoms with E-state index in [0.29, 0.717) is 11.3 Å². The molecule has 34 heavy (non-hydrogen) atoms. The number of benzene rings is 3. The molecule has 1 N–H and O–H groups in total. The maximum atomic E-state index is 13.3. The van der Waals surface area contributed by atoms with Crippen LogP contribution in [0.4, 0.5) is 4.39 Å². The number of aromatic nitrogens is 1. The Morgan fingerprint density at radius 2 is 1.44 bits per heavy atom. The lowest BCUT2D eigenvalue weighted by Gasteiger charge is -2.20. The topological polar surface area (TPSA) is 60.3 Å². The first kappa shape index (κ1) is 23.0. The molecule has 1 aromatic heterocycles. The average molecular weight is 457 g/mol. The van der Waals surface area contributed by atoms with Gasteiger partial charge in [-0.25, -0.2) is 9.18 Å². The minimum absolute atomic E-state index is 0.332. The Hall–Kier alpha value is -4.19. The summed E-state index contributed by atoms with van der Waals surface area (Å²) in [6.07, 6.45) is 0. The molecule has 0 aliphatic rings. The van der Waals surface area contributed by atoms with Crippen molar-refractivity contribution in [1.82, 2.24) is 9.88 Å². The Morgan fingerprint density at radius 3 is 2.00 bits per heavy atom. The van der Waals surface area contributed by atoms with Gasteiger partial charge in [-0.15, -0.1) is 0 Å². The second-order valence-corrected chi connectivity index (χ2v) is 7.99. The van der Waals surface area contributed by atoms with Crippen LogP contribution in [0.25, 0.3) is 5.69 Å². The van der Waals surface area contributed by atoms with Crippen LogP contribution in [0.3, 0.4) is 0 Å². The van der Waals surface area contributed by atoms with Gasteiger partial charge in [-0.1, -0.05) is 60.7 Å². The molecule has 6 heteroatoms. The van der Waals surface area contributed by atoms with E-state index >= 15 is 0 Å². The standard InChI is InChI=1S/C28H25FN2O3/c1-19-17-25(20(2)31(19)24-15-13-23(29)14-16-24)28(33)34-18-26(32)30-27(21-9-5-3-6-10-21)22-11-7-4-8-12-22/h3-17,27H,18H2,1-2H3,(H,30,32). The molecule has 0 atom stereocenters. The lowest BCUT2D eigenvalue weighted by molar-refractivity contribution is -0.124. The average Bonchev–Trinajstić information content (AvgIpc) is 3.16. The highest BCUT2D eigenvalue weighted by Crippen LogP contribution is 2.23. The van der Waals surface area contributed by atoms with Crippen molar-refractivity contribution in [2.24, 2.45) is 0 Å². The van der Waals surface area contributed by atoms with E-state index in [4.69, 9.17) is 4.74 Å². The van der Waals surface area contributed by atoms with Gasteiger partial charge in [0.25, 0.3) is 5.91 Å². The normalized spacial score (nSPS) is 10.8. The first-order valence-corrected chi connectivity index (χ1v) is 11.0. The van der Waals surface area contributed by atoms with E-state index in [1.165, 1.54) is 12.1 Å². The number of aryl methyl sites for hydroxylation is 1. The van der Waals surface area contributed by atoms with Gasteiger partial charge in [0, 0.05) is 17.1 Å². The fourth-order valence-corrected chi connectivity index (χ4v) is 4.02. The highest BCUT2D eigenvalue weighted by Gasteiger charge is 2.21. The van der Waals surface area contributed by atoms with Crippen molar-refractivity contribution >= 4 is 11.9 Å². The zero-order chi connectivity index (χ0) is 24.1. The van der Waals surface area contributed by atoms with Crippen LogP contribution in [0, 0.1) is 19.7 Å². The largest absolute Gasteiger partial charge is 0.452 e. The van der Waals surface area contributed by atoms with Crippen LogP contribution in [-0.2, 0) is 9.53 Å². The van der Waals surface area contributed by atoms with E-state index in [-0.39, 0.29) is 11.9 Å². The van der Waals surface area contributed by atoms with Crippen molar-refractivity contribution in [3.8, 4) is 5.69 Å². The number of carbonyl (C=O) groups excluding carboxylic acids is 2. The van der Waals surface area contributed by atoms with Crippen molar-refractivity contribution < 1.29 is 18.7 Å². The van der Waals surface area contributed by atoms with Crippen LogP contribution < -0.4 is 5.32 Å². The summed E-state index contributed by atoms with van der Waals surface area (Å²) in [6, 6.07) is 26.6. The van der Waals surface area contributed by atoms with Gasteiger partial charge in [-0.05, 0) is 55.3 Å². The molecule has 5 nitrogen and oxygen atoms in total. The van der Waals surface area contributed by atoms with Gasteiger partial charge in [0.05, 0.1) is 11.6 Å². The van der Waals surface area contributed by atoms with Crippen LogP contribution in [0.2, 0.25) is 0 Å². The molecule has 0 bridgehead atoms. The van der Waals surface area contributed by atoms with E-state index in [1.807, 2.05) is 72.2 Å². The van der Waals surface area contributed by atoms with Crippen LogP contribution in [0.5, 0.6) is 0 Å². The Kier molecular flexibility index (Phi) is 6.87. The van der Waals surface area contributed by atoms with Gasteiger partial charge in [0.15, 0.2) is 6.61 Å². The lowest BCUT2D eigenvalue weighted by Crippen LogP contribution is -2.33. The summed E-state index contributed by atoms with van der Waals surface area (Å²) >= 11 is 0. The van der Waals surface area contributed by atoms with E-state index in [0.717, 1.165) is 22.5 Å². The molecule has 172 valence electrons. The molecular weight excluding hydrogens is 431 g/mol. The van der Waals surface area contributed by atoms with Gasteiger partial charge in [-0.2, -0.15) is 0 Å². The molecule has 0 aliphatic heterocycles. The number of nitrogens with one attached hydrogen (secondary N) is 1. The smallest absolute Gasteiger partial charge is 0.340 e. The number of halogens is 1. The van der Waals surface area contributed by atoms with E-state index < -0.39 is 18.5 Å². The summed E-state index contributed by atoms with van der Waals surface area (Å²) in [5.41, 5.74) is 4.40. The Bertz CT molecular complexity index is 1240. The molecule has 0 unspecified atom stereocenters. The number of hydrogen-bond donors (Lipinski definition) is 1. The van der Waals surface area contributed by atoms with Crippen molar-refractivity contribution in [2.75, 3.05) is 6.61 Å². The molecule has 1 heterocycles. The minimum atomic E-state index is -0.590. The number of ether oxygens (including phenoxy) is 1. The number of esters is 1. The van der Waals surface area contributed by atoms with Gasteiger partial charge in [0.1, 0.15) is 5.82 Å². The van der Waals surface area contributed by atoms with Crippen molar-refractivity contribution in [3.05, 3.63) is 125 Å².